The summed E-state index contributed by atoms with van der Waals surface area (Å²) in [6, 6.07) is 11.7. The number of nitrogens with zero attached hydrogens (tertiary/aromatic N) is 3. The van der Waals surface area contributed by atoms with E-state index in [1.807, 2.05) is 24.3 Å². The van der Waals surface area contributed by atoms with E-state index in [1.165, 1.54) is 12.1 Å². The molecular weight excluding hydrogens is 348 g/mol. The summed E-state index contributed by atoms with van der Waals surface area (Å²) in [4.78, 5) is 18.1. The van der Waals surface area contributed by atoms with Crippen LogP contribution in [0, 0.1) is 11.6 Å². The molecule has 0 spiro atoms. The van der Waals surface area contributed by atoms with Crippen LogP contribution in [0.5, 0.6) is 0 Å². The van der Waals surface area contributed by atoms with E-state index in [4.69, 9.17) is 4.98 Å². The van der Waals surface area contributed by atoms with Crippen molar-refractivity contribution in [2.24, 2.45) is 0 Å². The minimum absolute atomic E-state index is 0.180. The van der Waals surface area contributed by atoms with Crippen molar-refractivity contribution in [1.29, 1.82) is 0 Å². The molecule has 0 amide bonds. The van der Waals surface area contributed by atoms with Gasteiger partial charge in [-0.15, -0.1) is 0 Å². The lowest BCUT2D eigenvalue weighted by atomic mass is 10.0. The third kappa shape index (κ3) is 2.80. The molecule has 0 bridgehead atoms. The SMILES string of the molecule is Fc1ccc(CN2CCc3[nH]cnc3[C@H]2c2nc3ccccc3[nH]2)cc1F. The minimum atomic E-state index is -0.833. The molecule has 7 heteroatoms. The number of H-pyrrole nitrogens is 2. The van der Waals surface area contributed by atoms with Crippen molar-refractivity contribution in [3.05, 3.63) is 83.2 Å². The standard InChI is InChI=1S/C20H17F2N5/c21-13-6-5-12(9-14(13)22)10-27-8-7-17-18(24-11-23-17)19(27)20-25-15-3-1-2-4-16(15)26-20/h1-6,9,11,19H,7-8,10H2,(H,23,24)(H,25,26)/t19-/m0/s1. The molecule has 2 N–H and O–H groups in total. The highest BCUT2D eigenvalue weighted by molar-refractivity contribution is 5.75. The largest absolute Gasteiger partial charge is 0.348 e. The predicted octanol–water partition coefficient (Wildman–Crippen LogP) is 3.71. The van der Waals surface area contributed by atoms with Gasteiger partial charge in [0.2, 0.25) is 0 Å². The van der Waals surface area contributed by atoms with E-state index < -0.39 is 11.6 Å². The molecule has 0 radical (unpaired) electrons. The molecule has 1 atom stereocenters. The summed E-state index contributed by atoms with van der Waals surface area (Å²) < 4.78 is 26.9. The number of aromatic amines is 2. The molecule has 0 fully saturated rings. The molecule has 0 saturated carbocycles. The minimum Gasteiger partial charge on any atom is -0.348 e. The fraction of sp³-hybridized carbons (Fsp3) is 0.200. The van der Waals surface area contributed by atoms with Gasteiger partial charge in [0, 0.05) is 25.2 Å². The van der Waals surface area contributed by atoms with Gasteiger partial charge in [0.05, 0.1) is 23.1 Å². The summed E-state index contributed by atoms with van der Waals surface area (Å²) in [5.41, 5.74) is 4.57. The first-order chi connectivity index (χ1) is 13.2. The van der Waals surface area contributed by atoms with Crippen LogP contribution >= 0.6 is 0 Å². The third-order valence-corrected chi connectivity index (χ3v) is 5.06. The quantitative estimate of drug-likeness (QED) is 0.582. The fourth-order valence-electron chi connectivity index (χ4n) is 3.77. The summed E-state index contributed by atoms with van der Waals surface area (Å²) in [5, 5.41) is 0. The van der Waals surface area contributed by atoms with E-state index in [1.54, 1.807) is 12.4 Å². The lowest BCUT2D eigenvalue weighted by Gasteiger charge is -2.33. The maximum Gasteiger partial charge on any atom is 0.159 e. The highest BCUT2D eigenvalue weighted by Crippen LogP contribution is 2.34. The lowest BCUT2D eigenvalue weighted by molar-refractivity contribution is 0.194. The first-order valence-corrected chi connectivity index (χ1v) is 8.84. The Morgan fingerprint density at radius 1 is 1.11 bits per heavy atom. The molecule has 0 aliphatic carbocycles. The Labute approximate surface area is 154 Å². The van der Waals surface area contributed by atoms with Crippen molar-refractivity contribution >= 4 is 11.0 Å². The molecule has 3 heterocycles. The van der Waals surface area contributed by atoms with Crippen LogP contribution in [0.4, 0.5) is 8.78 Å². The van der Waals surface area contributed by atoms with Crippen LogP contribution in [0.1, 0.15) is 28.8 Å². The smallest absolute Gasteiger partial charge is 0.159 e. The Kier molecular flexibility index (Phi) is 3.75. The van der Waals surface area contributed by atoms with E-state index >= 15 is 0 Å². The second kappa shape index (κ2) is 6.28. The number of aromatic nitrogens is 4. The Bertz CT molecular complexity index is 1080. The average molecular weight is 365 g/mol. The van der Waals surface area contributed by atoms with Gasteiger partial charge in [-0.2, -0.15) is 0 Å². The highest BCUT2D eigenvalue weighted by atomic mass is 19.2. The molecule has 1 aliphatic heterocycles. The zero-order valence-electron chi connectivity index (χ0n) is 14.4. The monoisotopic (exact) mass is 365 g/mol. The molecular formula is C20H17F2N5. The van der Waals surface area contributed by atoms with Gasteiger partial charge in [-0.1, -0.05) is 18.2 Å². The fourth-order valence-corrected chi connectivity index (χ4v) is 3.77. The summed E-state index contributed by atoms with van der Waals surface area (Å²) in [7, 11) is 0. The highest BCUT2D eigenvalue weighted by Gasteiger charge is 2.33. The number of halogens is 2. The third-order valence-electron chi connectivity index (χ3n) is 5.06. The molecule has 2 aromatic carbocycles. The zero-order chi connectivity index (χ0) is 18.4. The molecule has 4 aromatic rings. The number of hydrogen-bond donors (Lipinski definition) is 2. The van der Waals surface area contributed by atoms with Gasteiger partial charge in [0.1, 0.15) is 11.9 Å². The number of fused-ring (bicyclic) bond motifs is 2. The first kappa shape index (κ1) is 16.1. The zero-order valence-corrected chi connectivity index (χ0v) is 14.4. The molecule has 0 unspecified atom stereocenters. The van der Waals surface area contributed by atoms with E-state index in [-0.39, 0.29) is 6.04 Å². The van der Waals surface area contributed by atoms with Gasteiger partial charge in [0.25, 0.3) is 0 Å². The predicted molar refractivity (Wildman–Crippen MR) is 97.0 cm³/mol. The van der Waals surface area contributed by atoms with Crippen LogP contribution in [-0.4, -0.2) is 31.4 Å². The Hall–Kier alpha value is -3.06. The van der Waals surface area contributed by atoms with E-state index in [9.17, 15) is 8.78 Å². The number of benzene rings is 2. The summed E-state index contributed by atoms with van der Waals surface area (Å²) in [5.74, 6) is -0.863. The van der Waals surface area contributed by atoms with Crippen LogP contribution in [0.2, 0.25) is 0 Å². The second-order valence-corrected chi connectivity index (χ2v) is 6.78. The van der Waals surface area contributed by atoms with Crippen molar-refractivity contribution < 1.29 is 8.78 Å². The van der Waals surface area contributed by atoms with Crippen LogP contribution in [-0.2, 0) is 13.0 Å². The second-order valence-electron chi connectivity index (χ2n) is 6.78. The number of para-hydroxylation sites is 2. The summed E-state index contributed by atoms with van der Waals surface area (Å²) >= 11 is 0. The molecule has 1 aliphatic rings. The molecule has 0 saturated heterocycles. The molecule has 136 valence electrons. The van der Waals surface area contributed by atoms with Gasteiger partial charge in [0.15, 0.2) is 11.6 Å². The molecule has 27 heavy (non-hydrogen) atoms. The maximum absolute atomic E-state index is 13.7. The lowest BCUT2D eigenvalue weighted by Crippen LogP contribution is -2.36. The van der Waals surface area contributed by atoms with Gasteiger partial charge >= 0.3 is 0 Å². The maximum atomic E-state index is 13.7. The summed E-state index contributed by atoms with van der Waals surface area (Å²) in [6.45, 7) is 1.24. The number of nitrogens with one attached hydrogen (secondary N) is 2. The van der Waals surface area contributed by atoms with Crippen LogP contribution in [0.25, 0.3) is 11.0 Å². The topological polar surface area (TPSA) is 60.6 Å². The number of rotatable bonds is 3. The van der Waals surface area contributed by atoms with Crippen LogP contribution in [0.15, 0.2) is 48.8 Å². The summed E-state index contributed by atoms with van der Waals surface area (Å²) in [6.07, 6.45) is 2.51. The van der Waals surface area contributed by atoms with Crippen molar-refractivity contribution in [2.45, 2.75) is 19.0 Å². The van der Waals surface area contributed by atoms with Gasteiger partial charge in [-0.05, 0) is 29.8 Å². The van der Waals surface area contributed by atoms with Gasteiger partial charge in [-0.3, -0.25) is 4.90 Å². The number of hydrogen-bond acceptors (Lipinski definition) is 3. The van der Waals surface area contributed by atoms with Crippen LogP contribution < -0.4 is 0 Å². The average Bonchev–Trinajstić information content (AvgIpc) is 3.31. The van der Waals surface area contributed by atoms with Crippen molar-refractivity contribution in [2.75, 3.05) is 6.54 Å². The van der Waals surface area contributed by atoms with E-state index in [0.29, 0.717) is 12.1 Å². The Morgan fingerprint density at radius 2 is 2.00 bits per heavy atom. The van der Waals surface area contributed by atoms with E-state index in [0.717, 1.165) is 41.2 Å². The van der Waals surface area contributed by atoms with Crippen molar-refractivity contribution in [3.8, 4) is 0 Å². The Morgan fingerprint density at radius 3 is 2.85 bits per heavy atom. The molecule has 5 rings (SSSR count). The normalized spacial score (nSPS) is 17.3. The van der Waals surface area contributed by atoms with E-state index in [2.05, 4.69) is 19.9 Å². The van der Waals surface area contributed by atoms with Gasteiger partial charge < -0.3 is 9.97 Å². The van der Waals surface area contributed by atoms with Crippen LogP contribution in [0.3, 0.4) is 0 Å². The Balaban J connectivity index is 1.56. The van der Waals surface area contributed by atoms with Crippen molar-refractivity contribution in [1.82, 2.24) is 24.8 Å². The molecule has 2 aromatic heterocycles. The van der Waals surface area contributed by atoms with Gasteiger partial charge in [-0.25, -0.2) is 18.7 Å². The molecule has 5 nitrogen and oxygen atoms in total. The first-order valence-electron chi connectivity index (χ1n) is 8.84. The van der Waals surface area contributed by atoms with Crippen molar-refractivity contribution in [3.63, 3.8) is 0 Å². The number of imidazole rings is 2.